The van der Waals surface area contributed by atoms with Crippen LogP contribution in [0.2, 0.25) is 0 Å². The number of nitriles is 1. The van der Waals surface area contributed by atoms with Crippen molar-refractivity contribution < 1.29 is 0 Å². The first-order valence-corrected chi connectivity index (χ1v) is 11.1. The number of pyridine rings is 1. The van der Waals surface area contributed by atoms with Gasteiger partial charge in [0.2, 0.25) is 0 Å². The van der Waals surface area contributed by atoms with Gasteiger partial charge in [-0.1, -0.05) is 19.9 Å². The van der Waals surface area contributed by atoms with Gasteiger partial charge >= 0.3 is 0 Å². The third-order valence-electron chi connectivity index (χ3n) is 6.66. The Hall–Kier alpha value is -3.17. The van der Waals surface area contributed by atoms with Crippen LogP contribution in [0.3, 0.4) is 0 Å². The molecule has 1 saturated heterocycles. The van der Waals surface area contributed by atoms with E-state index in [9.17, 15) is 0 Å². The number of aromatic amines is 1. The Kier molecular flexibility index (Phi) is 4.99. The molecule has 3 aromatic heterocycles. The summed E-state index contributed by atoms with van der Waals surface area (Å²) in [6, 6.07) is 11.4. The van der Waals surface area contributed by atoms with Crippen molar-refractivity contribution in [1.29, 1.82) is 5.26 Å². The Balaban J connectivity index is 1.56. The van der Waals surface area contributed by atoms with E-state index in [2.05, 4.69) is 77.4 Å². The summed E-state index contributed by atoms with van der Waals surface area (Å²) in [5.41, 5.74) is 8.34. The van der Waals surface area contributed by atoms with Crippen molar-refractivity contribution in [1.82, 2.24) is 24.5 Å². The summed E-state index contributed by atoms with van der Waals surface area (Å²) in [6.45, 7) is 9.17. The number of aryl methyl sites for hydroxylation is 1. The third-order valence-corrected chi connectivity index (χ3v) is 6.66. The average molecular weight is 413 g/mol. The van der Waals surface area contributed by atoms with Gasteiger partial charge in [0.05, 0.1) is 18.3 Å². The zero-order valence-electron chi connectivity index (χ0n) is 18.4. The smallest absolute Gasteiger partial charge is 0.163 e. The normalized spacial score (nSPS) is 15.8. The van der Waals surface area contributed by atoms with Crippen molar-refractivity contribution in [2.75, 3.05) is 19.6 Å². The lowest BCUT2D eigenvalue weighted by molar-refractivity contribution is 0.235. The van der Waals surface area contributed by atoms with E-state index < -0.39 is 0 Å². The Labute approximate surface area is 182 Å². The van der Waals surface area contributed by atoms with E-state index in [1.54, 1.807) is 6.33 Å². The van der Waals surface area contributed by atoms with Crippen LogP contribution < -0.4 is 0 Å². The highest BCUT2D eigenvalue weighted by atomic mass is 15.2. The molecule has 1 N–H and O–H groups in total. The van der Waals surface area contributed by atoms with E-state index in [4.69, 9.17) is 5.26 Å². The number of piperidine rings is 1. The van der Waals surface area contributed by atoms with Crippen molar-refractivity contribution in [2.45, 2.75) is 45.4 Å². The van der Waals surface area contributed by atoms with Crippen molar-refractivity contribution in [3.63, 3.8) is 0 Å². The fourth-order valence-electron chi connectivity index (χ4n) is 5.08. The number of nitrogens with one attached hydrogen (secondary N) is 1. The highest BCUT2D eigenvalue weighted by Gasteiger charge is 2.23. The standard InChI is InChI=1S/C25H28N6/c1-16(2)23-21-13-19(18-6-9-30(10-7-18)11-8-26)4-5-22(21)28-24(23)20-12-17(3)25-29-27-15-31(25)14-20/h4-5,12-16,18,28H,6-7,9-11H2,1-3H3. The largest absolute Gasteiger partial charge is 0.354 e. The number of nitrogens with zero attached hydrogens (tertiary/aromatic N) is 5. The molecule has 0 saturated carbocycles. The lowest BCUT2D eigenvalue weighted by Crippen LogP contribution is -2.33. The number of rotatable bonds is 4. The van der Waals surface area contributed by atoms with E-state index in [1.807, 2.05) is 4.40 Å². The van der Waals surface area contributed by atoms with Crippen LogP contribution in [0.25, 0.3) is 27.8 Å². The topological polar surface area (TPSA) is 73.0 Å². The van der Waals surface area contributed by atoms with Crippen LogP contribution in [0.15, 0.2) is 36.8 Å². The molecule has 1 aromatic carbocycles. The molecule has 0 radical (unpaired) electrons. The maximum atomic E-state index is 8.96. The first kappa shape index (κ1) is 19.8. The van der Waals surface area contributed by atoms with Gasteiger partial charge in [-0.15, -0.1) is 10.2 Å². The van der Waals surface area contributed by atoms with Crippen molar-refractivity contribution in [3.05, 3.63) is 53.5 Å². The zero-order valence-corrected chi connectivity index (χ0v) is 18.4. The molecule has 5 rings (SSSR count). The Morgan fingerprint density at radius 2 is 2.03 bits per heavy atom. The zero-order chi connectivity index (χ0) is 21.5. The minimum absolute atomic E-state index is 0.397. The van der Waals surface area contributed by atoms with Crippen LogP contribution in [-0.4, -0.2) is 44.1 Å². The molecule has 6 heteroatoms. The fraction of sp³-hybridized carbons (Fsp3) is 0.400. The van der Waals surface area contributed by atoms with Gasteiger partial charge in [0, 0.05) is 22.7 Å². The fourth-order valence-corrected chi connectivity index (χ4v) is 5.08. The number of aromatic nitrogens is 4. The van der Waals surface area contributed by atoms with Crippen LogP contribution in [0.5, 0.6) is 0 Å². The van der Waals surface area contributed by atoms with Crippen LogP contribution in [0, 0.1) is 18.3 Å². The molecule has 158 valence electrons. The van der Waals surface area contributed by atoms with Gasteiger partial charge in [-0.25, -0.2) is 0 Å². The Bertz CT molecular complexity index is 1280. The number of benzene rings is 1. The predicted molar refractivity (Wildman–Crippen MR) is 123 cm³/mol. The third kappa shape index (κ3) is 3.49. The maximum Gasteiger partial charge on any atom is 0.163 e. The first-order valence-electron chi connectivity index (χ1n) is 11.1. The number of hydrogen-bond donors (Lipinski definition) is 1. The summed E-state index contributed by atoms with van der Waals surface area (Å²) < 4.78 is 2.00. The van der Waals surface area contributed by atoms with Gasteiger partial charge in [-0.3, -0.25) is 9.30 Å². The van der Waals surface area contributed by atoms with Crippen molar-refractivity contribution >= 4 is 16.6 Å². The highest BCUT2D eigenvalue weighted by molar-refractivity contribution is 5.92. The van der Waals surface area contributed by atoms with E-state index in [0.717, 1.165) is 42.7 Å². The predicted octanol–water partition coefficient (Wildman–Crippen LogP) is 5.01. The number of hydrogen-bond acceptors (Lipinski definition) is 4. The van der Waals surface area contributed by atoms with Crippen LogP contribution in [0.1, 0.15) is 55.2 Å². The summed E-state index contributed by atoms with van der Waals surface area (Å²) in [4.78, 5) is 5.96. The molecular formula is C25H28N6. The van der Waals surface area contributed by atoms with Crippen molar-refractivity contribution in [3.8, 4) is 17.3 Å². The van der Waals surface area contributed by atoms with Gasteiger partial charge in [-0.05, 0) is 79.6 Å². The van der Waals surface area contributed by atoms with E-state index >= 15 is 0 Å². The molecule has 0 atom stereocenters. The minimum atomic E-state index is 0.397. The molecule has 1 aliphatic heterocycles. The lowest BCUT2D eigenvalue weighted by Gasteiger charge is -2.30. The quantitative estimate of drug-likeness (QED) is 0.478. The molecule has 31 heavy (non-hydrogen) atoms. The molecule has 0 spiro atoms. The van der Waals surface area contributed by atoms with E-state index in [-0.39, 0.29) is 0 Å². The summed E-state index contributed by atoms with van der Waals surface area (Å²) in [7, 11) is 0. The van der Waals surface area contributed by atoms with Crippen LogP contribution >= 0.6 is 0 Å². The molecule has 1 fully saturated rings. The summed E-state index contributed by atoms with van der Waals surface area (Å²) in [5.74, 6) is 0.960. The second-order valence-corrected chi connectivity index (χ2v) is 9.06. The van der Waals surface area contributed by atoms with Gasteiger partial charge in [0.1, 0.15) is 6.33 Å². The number of likely N-dealkylation sites (tertiary alicyclic amines) is 1. The number of H-pyrrole nitrogens is 1. The molecule has 4 aromatic rings. The van der Waals surface area contributed by atoms with Gasteiger partial charge in [-0.2, -0.15) is 5.26 Å². The monoisotopic (exact) mass is 412 g/mol. The molecule has 6 nitrogen and oxygen atoms in total. The molecular weight excluding hydrogens is 384 g/mol. The lowest BCUT2D eigenvalue weighted by atomic mass is 9.87. The first-order chi connectivity index (χ1) is 15.0. The number of fused-ring (bicyclic) bond motifs is 2. The second kappa shape index (κ2) is 7.82. The Morgan fingerprint density at radius 3 is 2.77 bits per heavy atom. The molecule has 0 aliphatic carbocycles. The molecule has 0 bridgehead atoms. The van der Waals surface area contributed by atoms with Gasteiger partial charge < -0.3 is 4.98 Å². The maximum absolute atomic E-state index is 8.96. The van der Waals surface area contributed by atoms with Crippen molar-refractivity contribution in [2.24, 2.45) is 0 Å². The molecule has 0 unspecified atom stereocenters. The van der Waals surface area contributed by atoms with Crippen LogP contribution in [-0.2, 0) is 0 Å². The van der Waals surface area contributed by atoms with E-state index in [1.165, 1.54) is 27.7 Å². The van der Waals surface area contributed by atoms with Gasteiger partial charge in [0.25, 0.3) is 0 Å². The molecule has 1 aliphatic rings. The van der Waals surface area contributed by atoms with Gasteiger partial charge in [0.15, 0.2) is 5.65 Å². The second-order valence-electron chi connectivity index (χ2n) is 9.06. The summed E-state index contributed by atoms with van der Waals surface area (Å²) in [6.07, 6.45) is 6.11. The summed E-state index contributed by atoms with van der Waals surface area (Å²) in [5, 5.41) is 18.6. The molecule has 0 amide bonds. The minimum Gasteiger partial charge on any atom is -0.354 e. The summed E-state index contributed by atoms with van der Waals surface area (Å²) >= 11 is 0. The van der Waals surface area contributed by atoms with Crippen LogP contribution in [0.4, 0.5) is 0 Å². The average Bonchev–Trinajstić information content (AvgIpc) is 3.39. The Morgan fingerprint density at radius 1 is 1.23 bits per heavy atom. The highest BCUT2D eigenvalue weighted by Crippen LogP contribution is 2.38. The SMILES string of the molecule is Cc1cc(-c2[nH]c3ccc(C4CCN(CC#N)CC4)cc3c2C(C)C)cn2cnnc12. The van der Waals surface area contributed by atoms with E-state index in [0.29, 0.717) is 18.4 Å². The molecule has 4 heterocycles.